The molecule has 7 heteroatoms. The van der Waals surface area contributed by atoms with Crippen LogP contribution in [0.4, 0.5) is 17.3 Å². The van der Waals surface area contributed by atoms with Crippen molar-refractivity contribution in [3.8, 4) is 5.75 Å². The molecule has 1 aliphatic rings. The number of nitrogens with one attached hydrogen (secondary N) is 1. The number of rotatable bonds is 4. The number of hydrogen-bond donors (Lipinski definition) is 2. The van der Waals surface area contributed by atoms with E-state index < -0.39 is 0 Å². The Hall–Kier alpha value is -2.83. The number of aryl methyl sites for hydroxylation is 1. The summed E-state index contributed by atoms with van der Waals surface area (Å²) in [6.45, 7) is 2.35. The lowest BCUT2D eigenvalue weighted by molar-refractivity contribution is -0.117. The maximum atomic E-state index is 12.3. The zero-order valence-corrected chi connectivity index (χ0v) is 13.1. The Kier molecular flexibility index (Phi) is 4.01. The van der Waals surface area contributed by atoms with E-state index in [9.17, 15) is 4.79 Å². The Labute approximate surface area is 134 Å². The van der Waals surface area contributed by atoms with Crippen LogP contribution in [0.2, 0.25) is 0 Å². The van der Waals surface area contributed by atoms with Gasteiger partial charge in [-0.3, -0.25) is 4.79 Å². The second-order valence-corrected chi connectivity index (χ2v) is 5.48. The first-order valence-corrected chi connectivity index (χ1v) is 7.37. The molecule has 0 unspecified atom stereocenters. The minimum Gasteiger partial charge on any atom is -0.497 e. The molecule has 2 aromatic rings. The van der Waals surface area contributed by atoms with Crippen LogP contribution >= 0.6 is 0 Å². The summed E-state index contributed by atoms with van der Waals surface area (Å²) in [5, 5.41) is 3.26. The van der Waals surface area contributed by atoms with Gasteiger partial charge in [-0.25, -0.2) is 9.97 Å². The molecule has 0 bridgehead atoms. The molecule has 3 N–H and O–H groups in total. The van der Waals surface area contributed by atoms with Crippen LogP contribution in [0.15, 0.2) is 30.3 Å². The summed E-state index contributed by atoms with van der Waals surface area (Å²) in [4.78, 5) is 22.4. The highest BCUT2D eigenvalue weighted by atomic mass is 16.5. The monoisotopic (exact) mass is 313 g/mol. The standard InChI is InChI=1S/C16H19N5O2/c1-10-18-14(17)8-15(19-10)20-11-6-16(22)21(9-11)12-4-3-5-13(7-12)23-2/h3-5,7-8,11H,6,9H2,1-2H3,(H3,17,18,19,20)/t11-/m1/s1. The molecular weight excluding hydrogens is 294 g/mol. The van der Waals surface area contributed by atoms with Gasteiger partial charge < -0.3 is 20.7 Å². The lowest BCUT2D eigenvalue weighted by Gasteiger charge is -2.18. The predicted molar refractivity (Wildman–Crippen MR) is 88.6 cm³/mol. The molecule has 120 valence electrons. The zero-order valence-electron chi connectivity index (χ0n) is 13.1. The van der Waals surface area contributed by atoms with Gasteiger partial charge in [-0.2, -0.15) is 0 Å². The minimum atomic E-state index is -0.0256. The third kappa shape index (κ3) is 3.33. The third-order valence-corrected chi connectivity index (χ3v) is 3.70. The number of benzene rings is 1. The van der Waals surface area contributed by atoms with Gasteiger partial charge in [-0.1, -0.05) is 6.07 Å². The average molecular weight is 313 g/mol. The number of methoxy groups -OCH3 is 1. The number of nitrogen functional groups attached to an aromatic ring is 1. The van der Waals surface area contributed by atoms with Crippen LogP contribution in [0.5, 0.6) is 5.75 Å². The number of nitrogens with two attached hydrogens (primary N) is 1. The number of amides is 1. The van der Waals surface area contributed by atoms with E-state index in [1.165, 1.54) is 0 Å². The third-order valence-electron chi connectivity index (χ3n) is 3.70. The average Bonchev–Trinajstić information content (AvgIpc) is 2.86. The number of carbonyl (C=O) groups is 1. The number of carbonyl (C=O) groups excluding carboxylic acids is 1. The van der Waals surface area contributed by atoms with Crippen molar-refractivity contribution in [3.05, 3.63) is 36.2 Å². The normalized spacial score (nSPS) is 17.4. The van der Waals surface area contributed by atoms with Crippen LogP contribution in [-0.2, 0) is 4.79 Å². The summed E-state index contributed by atoms with van der Waals surface area (Å²) in [6.07, 6.45) is 0.403. The second kappa shape index (κ2) is 6.12. The van der Waals surface area contributed by atoms with Crippen LogP contribution in [0.1, 0.15) is 12.2 Å². The van der Waals surface area contributed by atoms with Gasteiger partial charge in [0, 0.05) is 30.8 Å². The van der Waals surface area contributed by atoms with Crippen molar-refractivity contribution < 1.29 is 9.53 Å². The van der Waals surface area contributed by atoms with Crippen molar-refractivity contribution in [1.82, 2.24) is 9.97 Å². The number of hydrogen-bond acceptors (Lipinski definition) is 6. The highest BCUT2D eigenvalue weighted by Crippen LogP contribution is 2.26. The summed E-state index contributed by atoms with van der Waals surface area (Å²) < 4.78 is 5.21. The van der Waals surface area contributed by atoms with E-state index in [4.69, 9.17) is 10.5 Å². The summed E-state index contributed by atoms with van der Waals surface area (Å²) in [5.41, 5.74) is 6.56. The fraction of sp³-hybridized carbons (Fsp3) is 0.312. The molecule has 0 spiro atoms. The number of aromatic nitrogens is 2. The molecule has 0 radical (unpaired) electrons. The van der Waals surface area contributed by atoms with Gasteiger partial charge in [0.25, 0.3) is 0 Å². The van der Waals surface area contributed by atoms with E-state index in [0.29, 0.717) is 30.4 Å². The van der Waals surface area contributed by atoms with Gasteiger partial charge in [0.15, 0.2) is 0 Å². The lowest BCUT2D eigenvalue weighted by atomic mass is 10.2. The Bertz CT molecular complexity index is 714. The topological polar surface area (TPSA) is 93.4 Å². The van der Waals surface area contributed by atoms with Crippen molar-refractivity contribution in [2.24, 2.45) is 0 Å². The van der Waals surface area contributed by atoms with Gasteiger partial charge >= 0.3 is 0 Å². The van der Waals surface area contributed by atoms with Crippen molar-refractivity contribution in [1.29, 1.82) is 0 Å². The predicted octanol–water partition coefficient (Wildman–Crippen LogP) is 1.59. The quantitative estimate of drug-likeness (QED) is 0.890. The number of anilines is 3. The van der Waals surface area contributed by atoms with Crippen LogP contribution in [0, 0.1) is 6.92 Å². The van der Waals surface area contributed by atoms with Crippen LogP contribution in [0.3, 0.4) is 0 Å². The van der Waals surface area contributed by atoms with E-state index >= 15 is 0 Å². The molecule has 1 aromatic carbocycles. The molecule has 1 fully saturated rings. The fourth-order valence-corrected chi connectivity index (χ4v) is 2.71. The summed E-state index contributed by atoms with van der Waals surface area (Å²) in [7, 11) is 1.61. The summed E-state index contributed by atoms with van der Waals surface area (Å²) in [6, 6.07) is 9.12. The molecule has 2 heterocycles. The maximum absolute atomic E-state index is 12.3. The smallest absolute Gasteiger partial charge is 0.229 e. The van der Waals surface area contributed by atoms with Crippen molar-refractivity contribution in [2.75, 3.05) is 29.6 Å². The Morgan fingerprint density at radius 2 is 2.17 bits per heavy atom. The highest BCUT2D eigenvalue weighted by molar-refractivity contribution is 5.96. The largest absolute Gasteiger partial charge is 0.497 e. The maximum Gasteiger partial charge on any atom is 0.229 e. The molecule has 1 amide bonds. The highest BCUT2D eigenvalue weighted by Gasteiger charge is 2.31. The van der Waals surface area contributed by atoms with Gasteiger partial charge in [0.1, 0.15) is 23.2 Å². The van der Waals surface area contributed by atoms with Crippen LogP contribution in [-0.4, -0.2) is 35.6 Å². The van der Waals surface area contributed by atoms with Crippen LogP contribution < -0.4 is 20.7 Å². The number of ether oxygens (including phenoxy) is 1. The second-order valence-electron chi connectivity index (χ2n) is 5.48. The first kappa shape index (κ1) is 15.1. The molecule has 7 nitrogen and oxygen atoms in total. The molecule has 3 rings (SSSR count). The number of nitrogens with zero attached hydrogens (tertiary/aromatic N) is 3. The SMILES string of the molecule is COc1cccc(N2C[C@H](Nc3cc(N)nc(C)n3)CC2=O)c1. The molecule has 1 atom stereocenters. The molecule has 23 heavy (non-hydrogen) atoms. The van der Waals surface area contributed by atoms with Gasteiger partial charge in [-0.05, 0) is 19.1 Å². The summed E-state index contributed by atoms with van der Waals surface area (Å²) in [5.74, 6) is 2.44. The minimum absolute atomic E-state index is 0.0256. The molecule has 0 saturated carbocycles. The molecule has 1 aromatic heterocycles. The van der Waals surface area contributed by atoms with E-state index in [2.05, 4.69) is 15.3 Å². The van der Waals surface area contributed by atoms with E-state index in [1.54, 1.807) is 25.0 Å². The summed E-state index contributed by atoms with van der Waals surface area (Å²) >= 11 is 0. The van der Waals surface area contributed by atoms with Crippen LogP contribution in [0.25, 0.3) is 0 Å². The van der Waals surface area contributed by atoms with E-state index in [-0.39, 0.29) is 11.9 Å². The van der Waals surface area contributed by atoms with Crippen molar-refractivity contribution in [3.63, 3.8) is 0 Å². The van der Waals surface area contributed by atoms with Crippen molar-refractivity contribution in [2.45, 2.75) is 19.4 Å². The molecule has 0 aliphatic carbocycles. The van der Waals surface area contributed by atoms with Gasteiger partial charge in [0.05, 0.1) is 13.2 Å². The van der Waals surface area contributed by atoms with Gasteiger partial charge in [-0.15, -0.1) is 0 Å². The fourth-order valence-electron chi connectivity index (χ4n) is 2.71. The molecule has 1 saturated heterocycles. The Morgan fingerprint density at radius 1 is 1.35 bits per heavy atom. The lowest BCUT2D eigenvalue weighted by Crippen LogP contribution is -2.28. The zero-order chi connectivity index (χ0) is 16.4. The molecule has 1 aliphatic heterocycles. The van der Waals surface area contributed by atoms with Crippen molar-refractivity contribution >= 4 is 23.2 Å². The van der Waals surface area contributed by atoms with Gasteiger partial charge in [0.2, 0.25) is 5.91 Å². The Balaban J connectivity index is 1.74. The van der Waals surface area contributed by atoms with E-state index in [1.807, 2.05) is 24.3 Å². The van der Waals surface area contributed by atoms with E-state index in [0.717, 1.165) is 11.4 Å². The first-order chi connectivity index (χ1) is 11.0. The Morgan fingerprint density at radius 3 is 2.91 bits per heavy atom. The molecular formula is C16H19N5O2. The first-order valence-electron chi connectivity index (χ1n) is 7.37.